The highest BCUT2D eigenvalue weighted by atomic mass is 32.2. The molecule has 0 bridgehead atoms. The average Bonchev–Trinajstić information content (AvgIpc) is 2.14. The zero-order valence-electron chi connectivity index (χ0n) is 10.9. The molecule has 0 rings (SSSR count). The number of carboxylic acid groups (broad SMARTS) is 1. The van der Waals surface area contributed by atoms with E-state index in [0.29, 0.717) is 13.1 Å². The van der Waals surface area contributed by atoms with E-state index in [2.05, 4.69) is 4.72 Å². The molecule has 0 saturated carbocycles. The summed E-state index contributed by atoms with van der Waals surface area (Å²) in [6.45, 7) is 7.65. The van der Waals surface area contributed by atoms with Crippen LogP contribution in [0.2, 0.25) is 0 Å². The van der Waals surface area contributed by atoms with Crippen molar-refractivity contribution < 1.29 is 18.3 Å². The molecule has 0 aliphatic rings. The Morgan fingerprint density at radius 2 is 1.76 bits per heavy atom. The second kappa shape index (κ2) is 6.32. The quantitative estimate of drug-likeness (QED) is 0.680. The lowest BCUT2D eigenvalue weighted by Crippen LogP contribution is -2.50. The third kappa shape index (κ3) is 5.99. The van der Waals surface area contributed by atoms with Gasteiger partial charge in [-0.2, -0.15) is 17.4 Å². The second-order valence-electron chi connectivity index (χ2n) is 4.47. The number of nitrogens with zero attached hydrogens (tertiary/aromatic N) is 1. The molecule has 0 unspecified atom stereocenters. The lowest BCUT2D eigenvalue weighted by atomic mass is 10.0. The van der Waals surface area contributed by atoms with Crippen molar-refractivity contribution in [3.63, 3.8) is 0 Å². The van der Waals surface area contributed by atoms with Crippen LogP contribution in [0.1, 0.15) is 40.5 Å². The lowest BCUT2D eigenvalue weighted by Gasteiger charge is -2.29. The molecule has 7 heteroatoms. The van der Waals surface area contributed by atoms with E-state index in [1.54, 1.807) is 27.7 Å². The third-order valence-electron chi connectivity index (χ3n) is 2.41. The predicted molar refractivity (Wildman–Crippen MR) is 65.9 cm³/mol. The molecule has 0 aromatic heterocycles. The Labute approximate surface area is 103 Å². The van der Waals surface area contributed by atoms with Crippen molar-refractivity contribution in [2.24, 2.45) is 0 Å². The number of aliphatic carboxylic acids is 1. The summed E-state index contributed by atoms with van der Waals surface area (Å²) in [7, 11) is -3.54. The van der Waals surface area contributed by atoms with Crippen molar-refractivity contribution in [3.8, 4) is 0 Å². The molecule has 102 valence electrons. The zero-order chi connectivity index (χ0) is 13.7. The summed E-state index contributed by atoms with van der Waals surface area (Å²) in [6.07, 6.45) is 0.191. The van der Waals surface area contributed by atoms with E-state index < -0.39 is 21.7 Å². The van der Waals surface area contributed by atoms with Crippen molar-refractivity contribution in [2.75, 3.05) is 13.1 Å². The summed E-state index contributed by atoms with van der Waals surface area (Å²) in [5, 5.41) is 8.59. The van der Waals surface area contributed by atoms with E-state index in [1.165, 1.54) is 4.31 Å². The van der Waals surface area contributed by atoms with Crippen molar-refractivity contribution in [1.82, 2.24) is 9.03 Å². The van der Waals surface area contributed by atoms with Crippen molar-refractivity contribution in [2.45, 2.75) is 46.1 Å². The fourth-order valence-electron chi connectivity index (χ4n) is 1.45. The molecular weight excluding hydrogens is 244 g/mol. The van der Waals surface area contributed by atoms with Crippen molar-refractivity contribution in [3.05, 3.63) is 0 Å². The van der Waals surface area contributed by atoms with Gasteiger partial charge in [0.1, 0.15) is 0 Å². The molecule has 0 fully saturated rings. The number of carboxylic acids is 1. The van der Waals surface area contributed by atoms with E-state index >= 15 is 0 Å². The number of hydrogen-bond donors (Lipinski definition) is 2. The monoisotopic (exact) mass is 266 g/mol. The van der Waals surface area contributed by atoms with Gasteiger partial charge in [-0.1, -0.05) is 13.8 Å². The van der Waals surface area contributed by atoms with Crippen LogP contribution in [0.5, 0.6) is 0 Å². The molecular formula is C10H22N2O4S. The van der Waals surface area contributed by atoms with Crippen LogP contribution in [0.15, 0.2) is 0 Å². The van der Waals surface area contributed by atoms with Gasteiger partial charge in [-0.15, -0.1) is 0 Å². The minimum Gasteiger partial charge on any atom is -0.481 e. The first-order chi connectivity index (χ1) is 7.64. The maximum absolute atomic E-state index is 11.9. The first-order valence-electron chi connectivity index (χ1n) is 5.65. The van der Waals surface area contributed by atoms with E-state index in [-0.39, 0.29) is 12.8 Å². The Kier molecular flexibility index (Phi) is 6.08. The Hall–Kier alpha value is -0.660. The SMILES string of the molecule is CCN(CC)S(=O)(=O)NC(C)(C)CCC(=O)O. The highest BCUT2D eigenvalue weighted by Crippen LogP contribution is 2.14. The van der Waals surface area contributed by atoms with Crippen LogP contribution >= 0.6 is 0 Å². The Morgan fingerprint density at radius 3 is 2.12 bits per heavy atom. The maximum Gasteiger partial charge on any atom is 0.303 e. The molecule has 0 heterocycles. The van der Waals surface area contributed by atoms with Gasteiger partial charge in [-0.3, -0.25) is 4.79 Å². The minimum atomic E-state index is -3.54. The van der Waals surface area contributed by atoms with Gasteiger partial charge < -0.3 is 5.11 Å². The van der Waals surface area contributed by atoms with Crippen LogP contribution in [0, 0.1) is 0 Å². The minimum absolute atomic E-state index is 0.0617. The van der Waals surface area contributed by atoms with Crippen LogP contribution in [-0.2, 0) is 15.0 Å². The van der Waals surface area contributed by atoms with Crippen LogP contribution in [0.25, 0.3) is 0 Å². The van der Waals surface area contributed by atoms with Gasteiger partial charge in [0.2, 0.25) is 0 Å². The predicted octanol–water partition coefficient (Wildman–Crippen LogP) is 0.806. The Bertz CT molecular complexity index is 347. The lowest BCUT2D eigenvalue weighted by molar-refractivity contribution is -0.137. The van der Waals surface area contributed by atoms with Gasteiger partial charge in [0.05, 0.1) is 0 Å². The number of carbonyl (C=O) groups is 1. The molecule has 0 aliphatic carbocycles. The Balaban J connectivity index is 4.63. The molecule has 2 N–H and O–H groups in total. The standard InChI is InChI=1S/C10H22N2O4S/c1-5-12(6-2)17(15,16)11-10(3,4)8-7-9(13)14/h11H,5-8H2,1-4H3,(H,13,14). The number of rotatable bonds is 8. The first kappa shape index (κ1) is 16.3. The summed E-state index contributed by atoms with van der Waals surface area (Å²) in [6, 6.07) is 0. The highest BCUT2D eigenvalue weighted by molar-refractivity contribution is 7.87. The van der Waals surface area contributed by atoms with Crippen LogP contribution in [0.4, 0.5) is 0 Å². The summed E-state index contributed by atoms with van der Waals surface area (Å²) in [5.41, 5.74) is -0.764. The number of hydrogen-bond acceptors (Lipinski definition) is 3. The zero-order valence-corrected chi connectivity index (χ0v) is 11.7. The van der Waals surface area contributed by atoms with Crippen molar-refractivity contribution in [1.29, 1.82) is 0 Å². The van der Waals surface area contributed by atoms with Gasteiger partial charge >= 0.3 is 5.97 Å². The average molecular weight is 266 g/mol. The highest BCUT2D eigenvalue weighted by Gasteiger charge is 2.28. The molecule has 0 aliphatic heterocycles. The van der Waals surface area contributed by atoms with E-state index in [4.69, 9.17) is 5.11 Å². The van der Waals surface area contributed by atoms with Crippen LogP contribution in [0.3, 0.4) is 0 Å². The molecule has 0 saturated heterocycles. The fourth-order valence-corrected chi connectivity index (χ4v) is 3.06. The number of nitrogens with one attached hydrogen (secondary N) is 1. The molecule has 0 amide bonds. The molecule has 0 spiro atoms. The smallest absolute Gasteiger partial charge is 0.303 e. The van der Waals surface area contributed by atoms with Crippen molar-refractivity contribution >= 4 is 16.2 Å². The van der Waals surface area contributed by atoms with Crippen LogP contribution < -0.4 is 4.72 Å². The summed E-state index contributed by atoms with van der Waals surface area (Å²) in [5.74, 6) is -0.930. The van der Waals surface area contributed by atoms with Gasteiger partial charge in [0.25, 0.3) is 10.2 Å². The third-order valence-corrected chi connectivity index (χ3v) is 4.42. The summed E-state index contributed by atoms with van der Waals surface area (Å²) >= 11 is 0. The van der Waals surface area contributed by atoms with Gasteiger partial charge in [0, 0.05) is 25.0 Å². The van der Waals surface area contributed by atoms with Crippen LogP contribution in [-0.4, -0.2) is 42.4 Å². The normalized spacial score (nSPS) is 13.0. The second-order valence-corrected chi connectivity index (χ2v) is 6.14. The molecule has 0 atom stereocenters. The molecule has 0 aromatic rings. The van der Waals surface area contributed by atoms with Gasteiger partial charge in [0.15, 0.2) is 0 Å². The van der Waals surface area contributed by atoms with E-state index in [1.807, 2.05) is 0 Å². The maximum atomic E-state index is 11.9. The van der Waals surface area contributed by atoms with E-state index in [0.717, 1.165) is 0 Å². The summed E-state index contributed by atoms with van der Waals surface area (Å²) < 4.78 is 27.7. The largest absolute Gasteiger partial charge is 0.481 e. The molecule has 0 aromatic carbocycles. The van der Waals surface area contributed by atoms with E-state index in [9.17, 15) is 13.2 Å². The molecule has 17 heavy (non-hydrogen) atoms. The fraction of sp³-hybridized carbons (Fsp3) is 0.900. The molecule has 0 radical (unpaired) electrons. The van der Waals surface area contributed by atoms with Gasteiger partial charge in [-0.05, 0) is 20.3 Å². The topological polar surface area (TPSA) is 86.7 Å². The Morgan fingerprint density at radius 1 is 1.29 bits per heavy atom. The first-order valence-corrected chi connectivity index (χ1v) is 7.09. The molecule has 6 nitrogen and oxygen atoms in total. The summed E-state index contributed by atoms with van der Waals surface area (Å²) in [4.78, 5) is 10.5. The van der Waals surface area contributed by atoms with Gasteiger partial charge in [-0.25, -0.2) is 0 Å².